The molecule has 5 heteroatoms. The Morgan fingerprint density at radius 3 is 3.05 bits per heavy atom. The molecule has 0 saturated heterocycles. The number of nitrogens with one attached hydrogen (secondary N) is 1. The number of hydrogen-bond acceptors (Lipinski definition) is 3. The highest BCUT2D eigenvalue weighted by Crippen LogP contribution is 2.30. The van der Waals surface area contributed by atoms with Gasteiger partial charge in [-0.05, 0) is 12.1 Å². The fourth-order valence-corrected chi connectivity index (χ4v) is 2.81. The van der Waals surface area contributed by atoms with Gasteiger partial charge in [0.25, 0.3) is 0 Å². The number of anilines is 1. The molecule has 102 valence electrons. The zero-order chi connectivity index (χ0) is 13.7. The molecule has 0 saturated carbocycles. The number of nitrogens with zero attached hydrogens (tertiary/aromatic N) is 2. The molecule has 3 heterocycles. The first-order valence-electron chi connectivity index (χ1n) is 6.73. The molecule has 0 bridgehead atoms. The van der Waals surface area contributed by atoms with Crippen molar-refractivity contribution in [3.05, 3.63) is 35.5 Å². The molecule has 1 aliphatic rings. The number of fused-ring (bicyclic) bond motifs is 3. The summed E-state index contributed by atoms with van der Waals surface area (Å²) >= 11 is 0. The van der Waals surface area contributed by atoms with Gasteiger partial charge in [-0.1, -0.05) is 6.07 Å². The van der Waals surface area contributed by atoms with Gasteiger partial charge in [-0.3, -0.25) is 4.68 Å². The molecule has 4 rings (SSSR count). The van der Waals surface area contributed by atoms with Crippen LogP contribution in [0.4, 0.5) is 5.82 Å². The van der Waals surface area contributed by atoms with Crippen LogP contribution in [0.15, 0.2) is 24.3 Å². The first-order valence-corrected chi connectivity index (χ1v) is 6.73. The van der Waals surface area contributed by atoms with Crippen LogP contribution in [0, 0.1) is 0 Å². The monoisotopic (exact) mass is 268 g/mol. The Bertz CT molecular complexity index is 780. The van der Waals surface area contributed by atoms with Gasteiger partial charge in [0.05, 0.1) is 18.9 Å². The lowest BCUT2D eigenvalue weighted by molar-refractivity contribution is 0.111. The molecular weight excluding hydrogens is 252 g/mol. The summed E-state index contributed by atoms with van der Waals surface area (Å²) in [6, 6.07) is 8.25. The van der Waals surface area contributed by atoms with Gasteiger partial charge >= 0.3 is 0 Å². The summed E-state index contributed by atoms with van der Waals surface area (Å²) in [6.45, 7) is 1.48. The Morgan fingerprint density at radius 2 is 2.25 bits per heavy atom. The molecule has 3 N–H and O–H groups in total. The van der Waals surface area contributed by atoms with Crippen molar-refractivity contribution in [2.45, 2.75) is 13.0 Å². The predicted octanol–water partition coefficient (Wildman–Crippen LogP) is 2.22. The molecule has 3 aromatic rings. The van der Waals surface area contributed by atoms with Crippen LogP contribution in [0.5, 0.6) is 0 Å². The zero-order valence-electron chi connectivity index (χ0n) is 11.3. The number of aryl methyl sites for hydroxylation is 1. The smallest absolute Gasteiger partial charge is 0.121 e. The van der Waals surface area contributed by atoms with E-state index in [9.17, 15) is 0 Å². The minimum atomic E-state index is 0.666. The number of ether oxygens (including phenoxy) is 1. The van der Waals surface area contributed by atoms with Crippen LogP contribution in [-0.2, 0) is 24.8 Å². The lowest BCUT2D eigenvalue weighted by Crippen LogP contribution is -2.08. The molecule has 0 fully saturated rings. The fourth-order valence-electron chi connectivity index (χ4n) is 2.81. The van der Waals surface area contributed by atoms with Crippen molar-refractivity contribution in [3.63, 3.8) is 0 Å². The van der Waals surface area contributed by atoms with E-state index >= 15 is 0 Å². The Labute approximate surface area is 116 Å². The van der Waals surface area contributed by atoms with E-state index in [2.05, 4.69) is 28.3 Å². The molecule has 20 heavy (non-hydrogen) atoms. The average Bonchev–Trinajstić information content (AvgIpc) is 2.99. The molecule has 1 aliphatic heterocycles. The molecule has 2 aromatic heterocycles. The molecule has 5 nitrogen and oxygen atoms in total. The van der Waals surface area contributed by atoms with Crippen molar-refractivity contribution >= 4 is 16.7 Å². The van der Waals surface area contributed by atoms with Gasteiger partial charge in [0.1, 0.15) is 5.82 Å². The predicted molar refractivity (Wildman–Crippen MR) is 78.3 cm³/mol. The van der Waals surface area contributed by atoms with Crippen molar-refractivity contribution in [2.75, 3.05) is 12.3 Å². The molecule has 0 unspecified atom stereocenters. The maximum atomic E-state index is 5.86. The molecular formula is C15H16N4O. The summed E-state index contributed by atoms with van der Waals surface area (Å²) in [5.41, 5.74) is 11.6. The normalized spacial score (nSPS) is 14.7. The maximum Gasteiger partial charge on any atom is 0.121 e. The topological polar surface area (TPSA) is 68.9 Å². The van der Waals surface area contributed by atoms with Crippen LogP contribution < -0.4 is 5.73 Å². The lowest BCUT2D eigenvalue weighted by Gasteiger charge is -2.11. The van der Waals surface area contributed by atoms with Crippen LogP contribution in [-0.4, -0.2) is 21.4 Å². The third kappa shape index (κ3) is 1.63. The van der Waals surface area contributed by atoms with E-state index in [0.717, 1.165) is 29.8 Å². The minimum absolute atomic E-state index is 0.666. The third-order valence-electron chi connectivity index (χ3n) is 3.95. The quantitative estimate of drug-likeness (QED) is 0.711. The summed E-state index contributed by atoms with van der Waals surface area (Å²) < 4.78 is 7.26. The van der Waals surface area contributed by atoms with Gasteiger partial charge < -0.3 is 15.5 Å². The number of benzene rings is 1. The van der Waals surface area contributed by atoms with Crippen LogP contribution >= 0.6 is 0 Å². The summed E-state index contributed by atoms with van der Waals surface area (Å²) in [5, 5.41) is 5.66. The SMILES string of the molecule is Cn1nc(-c2ccc3[nH]c4c(c3c2)COCC4)cc1N. The minimum Gasteiger partial charge on any atom is -0.384 e. The van der Waals surface area contributed by atoms with E-state index in [-0.39, 0.29) is 0 Å². The Hall–Kier alpha value is -2.27. The number of rotatable bonds is 1. The van der Waals surface area contributed by atoms with Crippen LogP contribution in [0.3, 0.4) is 0 Å². The summed E-state index contributed by atoms with van der Waals surface area (Å²) in [4.78, 5) is 3.48. The molecule has 0 aliphatic carbocycles. The maximum absolute atomic E-state index is 5.86. The number of nitrogens with two attached hydrogens (primary N) is 1. The van der Waals surface area contributed by atoms with Gasteiger partial charge in [0, 0.05) is 47.3 Å². The van der Waals surface area contributed by atoms with E-state index in [4.69, 9.17) is 10.5 Å². The van der Waals surface area contributed by atoms with Crippen molar-refractivity contribution in [1.82, 2.24) is 14.8 Å². The molecule has 0 spiro atoms. The average molecular weight is 268 g/mol. The Balaban J connectivity index is 1.89. The third-order valence-corrected chi connectivity index (χ3v) is 3.95. The van der Waals surface area contributed by atoms with Gasteiger partial charge in [0.15, 0.2) is 0 Å². The van der Waals surface area contributed by atoms with E-state index in [1.165, 1.54) is 16.6 Å². The van der Waals surface area contributed by atoms with Crippen LogP contribution in [0.2, 0.25) is 0 Å². The lowest BCUT2D eigenvalue weighted by atomic mass is 10.0. The second-order valence-corrected chi connectivity index (χ2v) is 5.22. The summed E-state index contributed by atoms with van der Waals surface area (Å²) in [6.07, 6.45) is 0.954. The molecule has 0 amide bonds. The van der Waals surface area contributed by atoms with Gasteiger partial charge in [-0.2, -0.15) is 5.10 Å². The fraction of sp³-hybridized carbons (Fsp3) is 0.267. The number of nitrogen functional groups attached to an aromatic ring is 1. The van der Waals surface area contributed by atoms with Crippen molar-refractivity contribution in [2.24, 2.45) is 7.05 Å². The van der Waals surface area contributed by atoms with Gasteiger partial charge in [-0.15, -0.1) is 0 Å². The number of aromatic amines is 1. The highest BCUT2D eigenvalue weighted by molar-refractivity contribution is 5.89. The first kappa shape index (κ1) is 11.5. The van der Waals surface area contributed by atoms with Gasteiger partial charge in [-0.25, -0.2) is 0 Å². The highest BCUT2D eigenvalue weighted by atomic mass is 16.5. The van der Waals surface area contributed by atoms with E-state index in [0.29, 0.717) is 12.4 Å². The van der Waals surface area contributed by atoms with E-state index in [1.807, 2.05) is 13.1 Å². The second kappa shape index (κ2) is 4.11. The summed E-state index contributed by atoms with van der Waals surface area (Å²) in [7, 11) is 1.85. The van der Waals surface area contributed by atoms with Gasteiger partial charge in [0.2, 0.25) is 0 Å². The first-order chi connectivity index (χ1) is 9.72. The van der Waals surface area contributed by atoms with Crippen molar-refractivity contribution < 1.29 is 4.74 Å². The number of aromatic nitrogens is 3. The standard InChI is InChI=1S/C15H16N4O/c1-19-15(16)7-14(18-19)9-2-3-12-10(6-9)11-8-20-5-4-13(11)17-12/h2-3,6-7,17H,4-5,8,16H2,1H3. The van der Waals surface area contributed by atoms with Crippen LogP contribution in [0.25, 0.3) is 22.2 Å². The highest BCUT2D eigenvalue weighted by Gasteiger charge is 2.16. The zero-order valence-corrected chi connectivity index (χ0v) is 11.3. The molecule has 0 atom stereocenters. The number of hydrogen-bond donors (Lipinski definition) is 2. The Kier molecular flexibility index (Phi) is 2.37. The molecule has 0 radical (unpaired) electrons. The second-order valence-electron chi connectivity index (χ2n) is 5.22. The van der Waals surface area contributed by atoms with Crippen LogP contribution in [0.1, 0.15) is 11.3 Å². The van der Waals surface area contributed by atoms with E-state index in [1.54, 1.807) is 4.68 Å². The largest absolute Gasteiger partial charge is 0.384 e. The van der Waals surface area contributed by atoms with E-state index < -0.39 is 0 Å². The number of H-pyrrole nitrogens is 1. The van der Waals surface area contributed by atoms with Crippen molar-refractivity contribution in [1.29, 1.82) is 0 Å². The summed E-state index contributed by atoms with van der Waals surface area (Å²) in [5.74, 6) is 0.666. The molecule has 1 aromatic carbocycles. The van der Waals surface area contributed by atoms with Crippen molar-refractivity contribution in [3.8, 4) is 11.3 Å². The Morgan fingerprint density at radius 1 is 1.35 bits per heavy atom.